The molecule has 1 aromatic carbocycles. The van der Waals surface area contributed by atoms with Crippen molar-refractivity contribution < 1.29 is 34.8 Å². The molecule has 1 aromatic rings. The number of rotatable bonds is 5. The van der Waals surface area contributed by atoms with Gasteiger partial charge in [0.25, 0.3) is 5.60 Å². The first-order valence-corrected chi connectivity index (χ1v) is 5.67. The lowest BCUT2D eigenvalue weighted by Gasteiger charge is -2.24. The van der Waals surface area contributed by atoms with E-state index in [4.69, 9.17) is 10.2 Å². The topological polar surface area (TPSA) is 132 Å². The molecule has 0 unspecified atom stereocenters. The summed E-state index contributed by atoms with van der Waals surface area (Å²) in [7, 11) is 0. The number of hydrogen-bond acceptors (Lipinski definition) is 5. The quantitative estimate of drug-likeness (QED) is 0.437. The molecule has 0 aliphatic carbocycles. The van der Waals surface area contributed by atoms with Crippen molar-refractivity contribution in [1.29, 1.82) is 0 Å². The van der Waals surface area contributed by atoms with Crippen molar-refractivity contribution in [3.63, 3.8) is 0 Å². The second-order valence-electron chi connectivity index (χ2n) is 3.65. The van der Waals surface area contributed by atoms with Crippen molar-refractivity contribution in [2.24, 2.45) is 0 Å². The van der Waals surface area contributed by atoms with Gasteiger partial charge >= 0.3 is 11.9 Å². The summed E-state index contributed by atoms with van der Waals surface area (Å²) in [6, 6.07) is 5.19. The van der Waals surface area contributed by atoms with Gasteiger partial charge < -0.3 is 20.4 Å². The second kappa shape index (κ2) is 5.47. The molecule has 19 heavy (non-hydrogen) atoms. The normalized spacial score (nSPS) is 15.3. The Kier molecular flexibility index (Phi) is 4.40. The van der Waals surface area contributed by atoms with E-state index in [0.717, 1.165) is 0 Å². The highest BCUT2D eigenvalue weighted by atomic mass is 79.9. The summed E-state index contributed by atoms with van der Waals surface area (Å²) < 4.78 is 0.599. The molecule has 0 aromatic heterocycles. The first kappa shape index (κ1) is 15.3. The van der Waals surface area contributed by atoms with Crippen LogP contribution >= 0.6 is 15.9 Å². The van der Waals surface area contributed by atoms with Gasteiger partial charge in [-0.1, -0.05) is 28.1 Å². The number of halogens is 1. The highest BCUT2D eigenvalue weighted by Crippen LogP contribution is 2.21. The van der Waals surface area contributed by atoms with E-state index in [9.17, 15) is 24.6 Å². The molecule has 7 nitrogen and oxygen atoms in total. The van der Waals surface area contributed by atoms with Crippen LogP contribution in [0.25, 0.3) is 0 Å². The zero-order chi connectivity index (χ0) is 14.8. The first-order chi connectivity index (χ1) is 8.71. The largest absolute Gasteiger partial charge is 0.479 e. The lowest BCUT2D eigenvalue weighted by Crippen LogP contribution is -2.58. The number of carboxylic acid groups (broad SMARTS) is 2. The predicted octanol–water partition coefficient (Wildman–Crippen LogP) is -0.107. The number of carbonyl (C=O) groups is 3. The fourth-order valence-corrected chi connectivity index (χ4v) is 1.60. The minimum Gasteiger partial charge on any atom is -0.479 e. The molecule has 2 atom stereocenters. The maximum atomic E-state index is 11.9. The first-order valence-electron chi connectivity index (χ1n) is 4.88. The maximum absolute atomic E-state index is 11.9. The SMILES string of the molecule is O=C(O)[C@H](O)[C@@](O)(C(=O)O)C(=O)c1ccc(Br)cc1. The Hall–Kier alpha value is -1.77. The monoisotopic (exact) mass is 332 g/mol. The van der Waals surface area contributed by atoms with Crippen molar-refractivity contribution in [1.82, 2.24) is 0 Å². The Morgan fingerprint density at radius 2 is 1.58 bits per heavy atom. The lowest BCUT2D eigenvalue weighted by atomic mass is 9.87. The predicted molar refractivity (Wildman–Crippen MR) is 64.7 cm³/mol. The van der Waals surface area contributed by atoms with Crippen LogP contribution < -0.4 is 0 Å². The zero-order valence-electron chi connectivity index (χ0n) is 9.28. The minimum atomic E-state index is -3.44. The van der Waals surface area contributed by atoms with Crippen molar-refractivity contribution in [3.8, 4) is 0 Å². The molecule has 0 spiro atoms. The zero-order valence-corrected chi connectivity index (χ0v) is 10.9. The van der Waals surface area contributed by atoms with Crippen molar-refractivity contribution >= 4 is 33.7 Å². The van der Waals surface area contributed by atoms with Gasteiger partial charge in [0.2, 0.25) is 5.78 Å². The molecular formula is C11H9BrO7. The van der Waals surface area contributed by atoms with Crippen molar-refractivity contribution in [2.75, 3.05) is 0 Å². The Balaban J connectivity index is 3.27. The summed E-state index contributed by atoms with van der Waals surface area (Å²) in [6.07, 6.45) is -2.78. The van der Waals surface area contributed by atoms with E-state index in [0.29, 0.717) is 4.47 Å². The van der Waals surface area contributed by atoms with E-state index in [-0.39, 0.29) is 5.56 Å². The smallest absolute Gasteiger partial charge is 0.347 e. The summed E-state index contributed by atoms with van der Waals surface area (Å²) in [5.74, 6) is -5.58. The van der Waals surface area contributed by atoms with Gasteiger partial charge in [0.15, 0.2) is 6.10 Å². The number of carbonyl (C=O) groups excluding carboxylic acids is 1. The highest BCUT2D eigenvalue weighted by Gasteiger charge is 2.54. The Labute approximate surface area is 115 Å². The van der Waals surface area contributed by atoms with Crippen LogP contribution in [0.1, 0.15) is 10.4 Å². The van der Waals surface area contributed by atoms with Crippen molar-refractivity contribution in [2.45, 2.75) is 11.7 Å². The van der Waals surface area contributed by atoms with E-state index < -0.39 is 29.4 Å². The molecule has 0 saturated carbocycles. The lowest BCUT2D eigenvalue weighted by molar-refractivity contribution is -0.175. The van der Waals surface area contributed by atoms with Crippen LogP contribution in [-0.2, 0) is 9.59 Å². The van der Waals surface area contributed by atoms with Gasteiger partial charge in [-0.25, -0.2) is 9.59 Å². The number of Topliss-reactive ketones (excluding diaryl/α,β-unsaturated/α-hetero) is 1. The van der Waals surface area contributed by atoms with E-state index >= 15 is 0 Å². The third-order valence-corrected chi connectivity index (χ3v) is 2.94. The number of ketones is 1. The van der Waals surface area contributed by atoms with Crippen LogP contribution in [0.2, 0.25) is 0 Å². The van der Waals surface area contributed by atoms with Gasteiger partial charge in [-0.3, -0.25) is 4.79 Å². The molecule has 4 N–H and O–H groups in total. The molecule has 0 saturated heterocycles. The van der Waals surface area contributed by atoms with Crippen LogP contribution in [0.15, 0.2) is 28.7 Å². The number of carboxylic acids is 2. The molecule has 0 aliphatic heterocycles. The van der Waals surface area contributed by atoms with Gasteiger partial charge in [0.05, 0.1) is 0 Å². The maximum Gasteiger partial charge on any atom is 0.347 e. The number of aliphatic carboxylic acids is 2. The fraction of sp³-hybridized carbons (Fsp3) is 0.182. The Bertz CT molecular complexity index is 524. The average Bonchev–Trinajstić information content (AvgIpc) is 2.36. The van der Waals surface area contributed by atoms with Gasteiger partial charge in [-0.05, 0) is 12.1 Å². The molecule has 8 heteroatoms. The van der Waals surface area contributed by atoms with Gasteiger partial charge in [-0.2, -0.15) is 0 Å². The summed E-state index contributed by atoms with van der Waals surface area (Å²) in [5.41, 5.74) is -3.69. The van der Waals surface area contributed by atoms with Crippen LogP contribution in [0.5, 0.6) is 0 Å². The second-order valence-corrected chi connectivity index (χ2v) is 4.56. The summed E-state index contributed by atoms with van der Waals surface area (Å²) in [5, 5.41) is 36.4. The van der Waals surface area contributed by atoms with Gasteiger partial charge in [0, 0.05) is 10.0 Å². The van der Waals surface area contributed by atoms with Gasteiger partial charge in [0.1, 0.15) is 0 Å². The molecule has 0 radical (unpaired) electrons. The van der Waals surface area contributed by atoms with Crippen LogP contribution in [0.4, 0.5) is 0 Å². The number of benzene rings is 1. The molecule has 0 heterocycles. The third kappa shape index (κ3) is 2.80. The van der Waals surface area contributed by atoms with Crippen LogP contribution in [-0.4, -0.2) is 49.9 Å². The molecule has 0 fully saturated rings. The van der Waals surface area contributed by atoms with E-state index in [2.05, 4.69) is 15.9 Å². The van der Waals surface area contributed by atoms with Gasteiger partial charge in [-0.15, -0.1) is 0 Å². The molecule has 1 rings (SSSR count). The molecule has 0 amide bonds. The van der Waals surface area contributed by atoms with E-state index in [1.54, 1.807) is 0 Å². The van der Waals surface area contributed by atoms with Crippen LogP contribution in [0.3, 0.4) is 0 Å². The molecule has 0 bridgehead atoms. The van der Waals surface area contributed by atoms with Crippen LogP contribution in [0, 0.1) is 0 Å². The fourth-order valence-electron chi connectivity index (χ4n) is 1.34. The standard InChI is InChI=1S/C11H9BrO7/c12-6-3-1-5(2-4-6)7(13)11(19,10(17)18)8(14)9(15)16/h1-4,8,14,19H,(H,15,16)(H,17,18)/t8-,11+/m0/s1. The number of hydrogen-bond donors (Lipinski definition) is 4. The molecular weight excluding hydrogens is 324 g/mol. The third-order valence-electron chi connectivity index (χ3n) is 2.41. The van der Waals surface area contributed by atoms with E-state index in [1.165, 1.54) is 24.3 Å². The summed E-state index contributed by atoms with van der Waals surface area (Å²) in [6.45, 7) is 0. The number of aliphatic hydroxyl groups excluding tert-OH is 1. The highest BCUT2D eigenvalue weighted by molar-refractivity contribution is 9.10. The number of aliphatic hydroxyl groups is 2. The van der Waals surface area contributed by atoms with Crippen molar-refractivity contribution in [3.05, 3.63) is 34.3 Å². The summed E-state index contributed by atoms with van der Waals surface area (Å²) in [4.78, 5) is 33.4. The van der Waals surface area contributed by atoms with E-state index in [1.807, 2.05) is 0 Å². The Morgan fingerprint density at radius 3 is 1.95 bits per heavy atom. The molecule has 102 valence electrons. The molecule has 0 aliphatic rings. The minimum absolute atomic E-state index is 0.242. The summed E-state index contributed by atoms with van der Waals surface area (Å²) >= 11 is 3.09. The average molecular weight is 333 g/mol. The Morgan fingerprint density at radius 1 is 1.11 bits per heavy atom.